The molecule has 34 heavy (non-hydrogen) atoms. The van der Waals surface area contributed by atoms with Crippen LogP contribution in [0.4, 0.5) is 0 Å². The third-order valence-corrected chi connectivity index (χ3v) is 6.18. The molecule has 0 bridgehead atoms. The Morgan fingerprint density at radius 3 is 2.44 bits per heavy atom. The van der Waals surface area contributed by atoms with Gasteiger partial charge in [-0.1, -0.05) is 55.3 Å². The molecule has 0 unspecified atom stereocenters. The summed E-state index contributed by atoms with van der Waals surface area (Å²) in [5.74, 6) is -1.45. The summed E-state index contributed by atoms with van der Waals surface area (Å²) in [6, 6.07) is 9.17. The molecule has 7 nitrogen and oxygen atoms in total. The van der Waals surface area contributed by atoms with Crippen LogP contribution in [-0.2, 0) is 25.5 Å². The Kier molecular flexibility index (Phi) is 11.5. The van der Waals surface area contributed by atoms with Crippen molar-refractivity contribution in [3.63, 3.8) is 0 Å². The first kappa shape index (κ1) is 27.3. The highest BCUT2D eigenvalue weighted by molar-refractivity contribution is 5.86. The van der Waals surface area contributed by atoms with Crippen molar-refractivity contribution in [2.75, 3.05) is 13.2 Å². The van der Waals surface area contributed by atoms with E-state index in [0.717, 1.165) is 31.2 Å². The average Bonchev–Trinajstić information content (AvgIpc) is 3.29. The first-order chi connectivity index (χ1) is 16.4. The number of hydrogen-bond acceptors (Lipinski definition) is 5. The van der Waals surface area contributed by atoms with Crippen molar-refractivity contribution >= 4 is 17.8 Å². The molecule has 3 N–H and O–H groups in total. The van der Waals surface area contributed by atoms with Gasteiger partial charge in [0, 0.05) is 12.8 Å². The number of hydrogen-bond donors (Lipinski definition) is 3. The minimum atomic E-state index is -0.599. The topological polar surface area (TPSA) is 105 Å². The number of amides is 2. The minimum Gasteiger partial charge on any atom is -0.463 e. The molecule has 7 heteroatoms. The van der Waals surface area contributed by atoms with E-state index in [1.807, 2.05) is 30.3 Å². The lowest BCUT2D eigenvalue weighted by Gasteiger charge is -2.31. The standard InChI is InChI=1S/C27H38N2O5/c1-3-5-14-25(32)34-20-27(15-9-10-16-27)29-26(33)22(11-4-2)18-24(31)28-23(19-30)17-21-12-7-6-8-13-21/h3-4,6-8,12-13,22-23,30H,1-2,5,9-11,14-20H2,(H,28,31)(H,29,33)/t22-,23-/m1/s1. The van der Waals surface area contributed by atoms with Gasteiger partial charge in [-0.2, -0.15) is 0 Å². The van der Waals surface area contributed by atoms with Gasteiger partial charge in [0.1, 0.15) is 6.61 Å². The fraction of sp³-hybridized carbons (Fsp3) is 0.519. The Bertz CT molecular complexity index is 818. The quantitative estimate of drug-likeness (QED) is 0.270. The predicted octanol–water partition coefficient (Wildman–Crippen LogP) is 3.23. The molecule has 2 amide bonds. The van der Waals surface area contributed by atoms with E-state index in [4.69, 9.17) is 4.74 Å². The smallest absolute Gasteiger partial charge is 0.306 e. The minimum absolute atomic E-state index is 0.0155. The molecule has 186 valence electrons. The van der Waals surface area contributed by atoms with Gasteiger partial charge in [0.25, 0.3) is 0 Å². The molecular weight excluding hydrogens is 432 g/mol. The van der Waals surface area contributed by atoms with Crippen LogP contribution >= 0.6 is 0 Å². The van der Waals surface area contributed by atoms with E-state index < -0.39 is 17.5 Å². The van der Waals surface area contributed by atoms with Gasteiger partial charge in [-0.3, -0.25) is 14.4 Å². The number of aliphatic hydroxyl groups is 1. The van der Waals surface area contributed by atoms with Gasteiger partial charge in [0.05, 0.1) is 24.1 Å². The van der Waals surface area contributed by atoms with Gasteiger partial charge in [-0.25, -0.2) is 0 Å². The number of allylic oxidation sites excluding steroid dienone is 2. The van der Waals surface area contributed by atoms with E-state index in [9.17, 15) is 19.5 Å². The molecule has 1 aliphatic carbocycles. The number of carbonyl (C=O) groups excluding carboxylic acids is 3. The lowest BCUT2D eigenvalue weighted by molar-refractivity contribution is -0.147. The lowest BCUT2D eigenvalue weighted by Crippen LogP contribution is -2.52. The molecule has 1 saturated carbocycles. The molecule has 0 radical (unpaired) electrons. The fourth-order valence-corrected chi connectivity index (χ4v) is 4.29. The average molecular weight is 471 g/mol. The van der Waals surface area contributed by atoms with E-state index in [0.29, 0.717) is 19.3 Å². The lowest BCUT2D eigenvalue weighted by atomic mass is 9.94. The third kappa shape index (κ3) is 9.14. The third-order valence-electron chi connectivity index (χ3n) is 6.18. The normalized spacial score (nSPS) is 16.1. The molecule has 1 fully saturated rings. The summed E-state index contributed by atoms with van der Waals surface area (Å²) in [7, 11) is 0. The van der Waals surface area contributed by atoms with E-state index in [-0.39, 0.29) is 43.8 Å². The number of nitrogens with one attached hydrogen (secondary N) is 2. The highest BCUT2D eigenvalue weighted by Crippen LogP contribution is 2.31. The molecular formula is C27H38N2O5. The molecule has 1 aromatic rings. The highest BCUT2D eigenvalue weighted by atomic mass is 16.5. The molecule has 1 aliphatic rings. The molecule has 2 atom stereocenters. The van der Waals surface area contributed by atoms with Gasteiger partial charge in [0.15, 0.2) is 0 Å². The van der Waals surface area contributed by atoms with Crippen LogP contribution in [0.1, 0.15) is 56.9 Å². The van der Waals surface area contributed by atoms with Crippen molar-refractivity contribution in [3.05, 3.63) is 61.2 Å². The monoisotopic (exact) mass is 470 g/mol. The summed E-state index contributed by atoms with van der Waals surface area (Å²) in [6.45, 7) is 7.27. The SMILES string of the molecule is C=CCCC(=O)OCC1(NC(=O)[C@H](CC=C)CC(=O)N[C@@H](CO)Cc2ccccc2)CCCC1. The van der Waals surface area contributed by atoms with Crippen molar-refractivity contribution in [3.8, 4) is 0 Å². The molecule has 2 rings (SSSR count). The Hall–Kier alpha value is -2.93. The Labute approximate surface area is 202 Å². The van der Waals surface area contributed by atoms with Crippen molar-refractivity contribution < 1.29 is 24.2 Å². The second-order valence-corrected chi connectivity index (χ2v) is 9.03. The van der Waals surface area contributed by atoms with Crippen LogP contribution in [0.15, 0.2) is 55.6 Å². The highest BCUT2D eigenvalue weighted by Gasteiger charge is 2.38. The molecule has 0 saturated heterocycles. The molecule has 1 aromatic carbocycles. The fourth-order valence-electron chi connectivity index (χ4n) is 4.29. The van der Waals surface area contributed by atoms with Gasteiger partial charge in [-0.15, -0.1) is 13.2 Å². The van der Waals surface area contributed by atoms with Crippen molar-refractivity contribution in [2.24, 2.45) is 5.92 Å². The second kappa shape index (κ2) is 14.4. The predicted molar refractivity (Wildman–Crippen MR) is 132 cm³/mol. The van der Waals surface area contributed by atoms with Gasteiger partial charge >= 0.3 is 5.97 Å². The van der Waals surface area contributed by atoms with Crippen molar-refractivity contribution in [2.45, 2.75) is 69.4 Å². The van der Waals surface area contributed by atoms with E-state index in [1.165, 1.54) is 0 Å². The maximum atomic E-state index is 13.2. The second-order valence-electron chi connectivity index (χ2n) is 9.03. The largest absolute Gasteiger partial charge is 0.463 e. The summed E-state index contributed by atoms with van der Waals surface area (Å²) in [5.41, 5.74) is 0.408. The van der Waals surface area contributed by atoms with Crippen molar-refractivity contribution in [1.29, 1.82) is 0 Å². The molecule has 0 aliphatic heterocycles. The zero-order chi connectivity index (χ0) is 24.8. The summed E-state index contributed by atoms with van der Waals surface area (Å²) in [5, 5.41) is 15.6. The molecule has 0 spiro atoms. The van der Waals surface area contributed by atoms with Gasteiger partial charge in [-0.05, 0) is 37.7 Å². The van der Waals surface area contributed by atoms with E-state index in [1.54, 1.807) is 12.2 Å². The van der Waals surface area contributed by atoms with E-state index in [2.05, 4.69) is 23.8 Å². The Morgan fingerprint density at radius 2 is 1.82 bits per heavy atom. The maximum absolute atomic E-state index is 13.2. The first-order valence-electron chi connectivity index (χ1n) is 12.0. The van der Waals surface area contributed by atoms with Crippen LogP contribution in [0.25, 0.3) is 0 Å². The number of aliphatic hydroxyl groups excluding tert-OH is 1. The van der Waals surface area contributed by atoms with Crippen LogP contribution in [0.5, 0.6) is 0 Å². The first-order valence-corrected chi connectivity index (χ1v) is 12.0. The number of carbonyl (C=O) groups is 3. The maximum Gasteiger partial charge on any atom is 0.306 e. The number of esters is 1. The molecule has 0 aromatic heterocycles. The van der Waals surface area contributed by atoms with Gasteiger partial charge in [0.2, 0.25) is 11.8 Å². The zero-order valence-electron chi connectivity index (χ0n) is 20.0. The van der Waals surface area contributed by atoms with Crippen LogP contribution in [-0.4, -0.2) is 47.7 Å². The van der Waals surface area contributed by atoms with E-state index >= 15 is 0 Å². The summed E-state index contributed by atoms with van der Waals surface area (Å²) in [4.78, 5) is 37.8. The Morgan fingerprint density at radius 1 is 1.12 bits per heavy atom. The number of ether oxygens (including phenoxy) is 1. The van der Waals surface area contributed by atoms with Crippen LogP contribution < -0.4 is 10.6 Å². The molecule has 0 heterocycles. The zero-order valence-corrected chi connectivity index (χ0v) is 20.0. The summed E-state index contributed by atoms with van der Waals surface area (Å²) in [6.07, 6.45) is 8.27. The number of rotatable bonds is 15. The van der Waals surface area contributed by atoms with Crippen molar-refractivity contribution in [1.82, 2.24) is 10.6 Å². The Balaban J connectivity index is 1.95. The van der Waals surface area contributed by atoms with Gasteiger partial charge < -0.3 is 20.5 Å². The van der Waals surface area contributed by atoms with Crippen LogP contribution in [0.2, 0.25) is 0 Å². The summed E-state index contributed by atoms with van der Waals surface area (Å²) < 4.78 is 5.45. The summed E-state index contributed by atoms with van der Waals surface area (Å²) >= 11 is 0. The van der Waals surface area contributed by atoms with Crippen LogP contribution in [0, 0.1) is 5.92 Å². The number of benzene rings is 1. The van der Waals surface area contributed by atoms with Crippen LogP contribution in [0.3, 0.4) is 0 Å².